The van der Waals surface area contributed by atoms with Crippen molar-refractivity contribution >= 4 is 11.6 Å². The number of imidazole rings is 1. The van der Waals surface area contributed by atoms with E-state index in [0.29, 0.717) is 17.2 Å². The highest BCUT2D eigenvalue weighted by atomic mass is 35.5. The second kappa shape index (κ2) is 6.59. The van der Waals surface area contributed by atoms with Crippen LogP contribution in [0.3, 0.4) is 0 Å². The third kappa shape index (κ3) is 3.98. The molecule has 0 aliphatic carbocycles. The fraction of sp³-hybridized carbons (Fsp3) is 0.357. The number of nitrogens with zero attached hydrogens (tertiary/aromatic N) is 2. The predicted octanol–water partition coefficient (Wildman–Crippen LogP) is 2.54. The number of hydrogen-bond acceptors (Lipinski definition) is 3. The minimum Gasteiger partial charge on any atom is -0.491 e. The summed E-state index contributed by atoms with van der Waals surface area (Å²) in [5, 5.41) is 10.6. The van der Waals surface area contributed by atoms with Crippen LogP contribution in [0, 0.1) is 0 Å². The van der Waals surface area contributed by atoms with Crippen LogP contribution in [0.1, 0.15) is 12.7 Å². The largest absolute Gasteiger partial charge is 0.491 e. The fourth-order valence-corrected chi connectivity index (χ4v) is 2.02. The lowest BCUT2D eigenvalue weighted by molar-refractivity contribution is 0.105. The smallest absolute Gasteiger partial charge is 0.120 e. The van der Waals surface area contributed by atoms with Crippen molar-refractivity contribution in [2.24, 2.45) is 0 Å². The first-order chi connectivity index (χ1) is 9.19. The Hall–Kier alpha value is -1.52. The number of hydrogen-bond donors (Lipinski definition) is 1. The van der Waals surface area contributed by atoms with Crippen LogP contribution in [0.4, 0.5) is 0 Å². The summed E-state index contributed by atoms with van der Waals surface area (Å²) in [6.07, 6.45) is 3.52. The van der Waals surface area contributed by atoms with E-state index in [9.17, 15) is 5.11 Å². The summed E-state index contributed by atoms with van der Waals surface area (Å²) < 4.78 is 7.50. The van der Waals surface area contributed by atoms with Gasteiger partial charge >= 0.3 is 0 Å². The zero-order chi connectivity index (χ0) is 13.7. The van der Waals surface area contributed by atoms with Gasteiger partial charge in [0.05, 0.1) is 6.10 Å². The average molecular weight is 281 g/mol. The van der Waals surface area contributed by atoms with Crippen LogP contribution in [0.25, 0.3) is 0 Å². The molecule has 1 N–H and O–H groups in total. The molecule has 0 aliphatic heterocycles. The molecule has 1 aromatic carbocycles. The van der Waals surface area contributed by atoms with E-state index in [1.54, 1.807) is 18.3 Å². The van der Waals surface area contributed by atoms with Gasteiger partial charge in [-0.2, -0.15) is 0 Å². The van der Waals surface area contributed by atoms with Gasteiger partial charge in [0.1, 0.15) is 18.2 Å². The first-order valence-electron chi connectivity index (χ1n) is 6.25. The maximum atomic E-state index is 9.96. The molecule has 0 aliphatic rings. The van der Waals surface area contributed by atoms with E-state index in [2.05, 4.69) is 4.98 Å². The van der Waals surface area contributed by atoms with Crippen molar-refractivity contribution in [3.63, 3.8) is 0 Å². The Balaban J connectivity index is 1.86. The van der Waals surface area contributed by atoms with E-state index in [1.807, 2.05) is 29.8 Å². The first kappa shape index (κ1) is 13.9. The Kier molecular flexibility index (Phi) is 4.82. The SMILES string of the molecule is CCn1ccnc1CC(O)COc1cccc(Cl)c1. The maximum Gasteiger partial charge on any atom is 0.120 e. The number of aromatic nitrogens is 2. The van der Waals surface area contributed by atoms with Crippen LogP contribution >= 0.6 is 11.6 Å². The van der Waals surface area contributed by atoms with Crippen molar-refractivity contribution in [2.45, 2.75) is 26.0 Å². The lowest BCUT2D eigenvalue weighted by atomic mass is 10.2. The molecule has 1 unspecified atom stereocenters. The number of aliphatic hydroxyl groups excluding tert-OH is 1. The molecule has 0 radical (unpaired) electrons. The molecule has 1 aromatic heterocycles. The van der Waals surface area contributed by atoms with E-state index in [1.165, 1.54) is 0 Å². The van der Waals surface area contributed by atoms with E-state index < -0.39 is 6.10 Å². The highest BCUT2D eigenvalue weighted by Crippen LogP contribution is 2.17. The zero-order valence-electron chi connectivity index (χ0n) is 10.8. The van der Waals surface area contributed by atoms with Gasteiger partial charge in [0, 0.05) is 30.4 Å². The summed E-state index contributed by atoms with van der Waals surface area (Å²) in [5.41, 5.74) is 0. The lowest BCUT2D eigenvalue weighted by Crippen LogP contribution is -2.22. The van der Waals surface area contributed by atoms with Crippen molar-refractivity contribution in [3.05, 3.63) is 47.5 Å². The maximum absolute atomic E-state index is 9.96. The van der Waals surface area contributed by atoms with E-state index >= 15 is 0 Å². The van der Waals surface area contributed by atoms with Crippen LogP contribution in [0.15, 0.2) is 36.7 Å². The minimum atomic E-state index is -0.591. The Morgan fingerprint density at radius 2 is 2.32 bits per heavy atom. The molecule has 0 saturated heterocycles. The van der Waals surface area contributed by atoms with E-state index in [0.717, 1.165) is 12.4 Å². The number of aliphatic hydroxyl groups is 1. The molecule has 2 rings (SSSR count). The van der Waals surface area contributed by atoms with Gasteiger partial charge in [0.15, 0.2) is 0 Å². The highest BCUT2D eigenvalue weighted by molar-refractivity contribution is 6.30. The lowest BCUT2D eigenvalue weighted by Gasteiger charge is -2.13. The number of rotatable bonds is 6. The number of benzene rings is 1. The molecule has 102 valence electrons. The van der Waals surface area contributed by atoms with Gasteiger partial charge in [-0.1, -0.05) is 17.7 Å². The first-order valence-corrected chi connectivity index (χ1v) is 6.63. The summed E-state index contributed by atoms with van der Waals surface area (Å²) in [4.78, 5) is 4.22. The molecular weight excluding hydrogens is 264 g/mol. The summed E-state index contributed by atoms with van der Waals surface area (Å²) in [5.74, 6) is 1.52. The molecule has 0 bridgehead atoms. The Labute approximate surface area is 117 Å². The van der Waals surface area contributed by atoms with Gasteiger partial charge in [0.2, 0.25) is 0 Å². The summed E-state index contributed by atoms with van der Waals surface area (Å²) >= 11 is 5.86. The molecule has 1 heterocycles. The summed E-state index contributed by atoms with van der Waals surface area (Å²) in [6.45, 7) is 3.11. The van der Waals surface area contributed by atoms with E-state index in [-0.39, 0.29) is 6.61 Å². The molecule has 2 aromatic rings. The van der Waals surface area contributed by atoms with Crippen molar-refractivity contribution in [1.82, 2.24) is 9.55 Å². The highest BCUT2D eigenvalue weighted by Gasteiger charge is 2.10. The molecule has 0 saturated carbocycles. The van der Waals surface area contributed by atoms with Crippen LogP contribution < -0.4 is 4.74 Å². The topological polar surface area (TPSA) is 47.3 Å². The molecule has 0 fully saturated rings. The minimum absolute atomic E-state index is 0.219. The van der Waals surface area contributed by atoms with Crippen LogP contribution in [0.5, 0.6) is 5.75 Å². The number of halogens is 1. The third-order valence-corrected chi connectivity index (χ3v) is 3.03. The molecule has 0 amide bonds. The molecular formula is C14H17ClN2O2. The Morgan fingerprint density at radius 1 is 1.47 bits per heavy atom. The van der Waals surface area contributed by atoms with E-state index in [4.69, 9.17) is 16.3 Å². The third-order valence-electron chi connectivity index (χ3n) is 2.80. The van der Waals surface area contributed by atoms with Crippen LogP contribution in [-0.2, 0) is 13.0 Å². The molecule has 0 spiro atoms. The van der Waals surface area contributed by atoms with Gasteiger partial charge < -0.3 is 14.4 Å². The van der Waals surface area contributed by atoms with Gasteiger partial charge in [-0.05, 0) is 25.1 Å². The molecule has 1 atom stereocenters. The quantitative estimate of drug-likeness (QED) is 0.884. The summed E-state index contributed by atoms with van der Waals surface area (Å²) in [7, 11) is 0. The fourth-order valence-electron chi connectivity index (χ4n) is 1.84. The normalized spacial score (nSPS) is 12.4. The monoisotopic (exact) mass is 280 g/mol. The second-order valence-corrected chi connectivity index (χ2v) is 4.69. The van der Waals surface area contributed by atoms with Crippen LogP contribution in [0.2, 0.25) is 5.02 Å². The van der Waals surface area contributed by atoms with Crippen molar-refractivity contribution in [2.75, 3.05) is 6.61 Å². The standard InChI is InChI=1S/C14H17ClN2O2/c1-2-17-7-6-16-14(17)9-12(18)10-19-13-5-3-4-11(15)8-13/h3-8,12,18H,2,9-10H2,1H3. The van der Waals surface area contributed by atoms with Crippen molar-refractivity contribution in [1.29, 1.82) is 0 Å². The second-order valence-electron chi connectivity index (χ2n) is 4.26. The molecule has 19 heavy (non-hydrogen) atoms. The van der Waals surface area contributed by atoms with Gasteiger partial charge in [-0.25, -0.2) is 4.98 Å². The van der Waals surface area contributed by atoms with Gasteiger partial charge in [-0.15, -0.1) is 0 Å². The average Bonchev–Trinajstić information content (AvgIpc) is 2.84. The zero-order valence-corrected chi connectivity index (χ0v) is 11.5. The molecule has 5 heteroatoms. The number of aryl methyl sites for hydroxylation is 1. The Morgan fingerprint density at radius 3 is 3.05 bits per heavy atom. The predicted molar refractivity (Wildman–Crippen MR) is 74.6 cm³/mol. The van der Waals surface area contributed by atoms with Crippen LogP contribution in [-0.4, -0.2) is 27.4 Å². The van der Waals surface area contributed by atoms with Crippen molar-refractivity contribution in [3.8, 4) is 5.75 Å². The van der Waals surface area contributed by atoms with Gasteiger partial charge in [-0.3, -0.25) is 0 Å². The Bertz CT molecular complexity index is 528. The summed E-state index contributed by atoms with van der Waals surface area (Å²) in [6, 6.07) is 7.13. The van der Waals surface area contributed by atoms with Gasteiger partial charge in [0.25, 0.3) is 0 Å². The number of ether oxygens (including phenoxy) is 1. The van der Waals surface area contributed by atoms with Crippen molar-refractivity contribution < 1.29 is 9.84 Å². The molecule has 4 nitrogen and oxygen atoms in total.